The fourth-order valence-corrected chi connectivity index (χ4v) is 3.75. The Labute approximate surface area is 168 Å². The molecule has 7 heteroatoms. The van der Waals surface area contributed by atoms with Crippen LogP contribution in [0.5, 0.6) is 5.75 Å². The molecule has 0 unspecified atom stereocenters. The molecule has 150 valence electrons. The molecular formula is C22H22N2O5. The van der Waals surface area contributed by atoms with E-state index in [4.69, 9.17) is 9.47 Å². The van der Waals surface area contributed by atoms with Crippen molar-refractivity contribution in [1.82, 2.24) is 4.90 Å². The summed E-state index contributed by atoms with van der Waals surface area (Å²) < 4.78 is 10.8. The summed E-state index contributed by atoms with van der Waals surface area (Å²) in [5.74, 6) is -0.252. The van der Waals surface area contributed by atoms with E-state index in [1.807, 2.05) is 18.2 Å². The summed E-state index contributed by atoms with van der Waals surface area (Å²) in [7, 11) is 1.56. The zero-order chi connectivity index (χ0) is 20.4. The van der Waals surface area contributed by atoms with E-state index >= 15 is 0 Å². The van der Waals surface area contributed by atoms with Gasteiger partial charge in [-0.3, -0.25) is 19.3 Å². The monoisotopic (exact) mass is 394 g/mol. The maximum absolute atomic E-state index is 12.7. The molecule has 0 aliphatic carbocycles. The van der Waals surface area contributed by atoms with Crippen LogP contribution in [0.15, 0.2) is 42.5 Å². The number of nitrogens with zero attached hydrogens (tertiary/aromatic N) is 1. The third-order valence-corrected chi connectivity index (χ3v) is 5.21. The van der Waals surface area contributed by atoms with Gasteiger partial charge in [-0.2, -0.15) is 0 Å². The van der Waals surface area contributed by atoms with E-state index in [1.165, 1.54) is 4.90 Å². The van der Waals surface area contributed by atoms with Gasteiger partial charge < -0.3 is 14.8 Å². The lowest BCUT2D eigenvalue weighted by molar-refractivity contribution is -0.115. The van der Waals surface area contributed by atoms with Crippen molar-refractivity contribution >= 4 is 23.4 Å². The maximum Gasteiger partial charge on any atom is 0.261 e. The predicted molar refractivity (Wildman–Crippen MR) is 106 cm³/mol. The van der Waals surface area contributed by atoms with E-state index in [0.717, 1.165) is 18.4 Å². The Morgan fingerprint density at radius 2 is 1.97 bits per heavy atom. The number of rotatable bonds is 6. The average Bonchev–Trinajstić information content (AvgIpc) is 3.31. The van der Waals surface area contributed by atoms with Crippen LogP contribution >= 0.6 is 0 Å². The lowest BCUT2D eigenvalue weighted by atomic mass is 10.1. The van der Waals surface area contributed by atoms with Gasteiger partial charge in [0.2, 0.25) is 5.91 Å². The first kappa shape index (κ1) is 19.1. The Bertz CT molecular complexity index is 965. The summed E-state index contributed by atoms with van der Waals surface area (Å²) in [6.07, 6.45) is 1.82. The Morgan fingerprint density at radius 1 is 1.17 bits per heavy atom. The molecule has 1 fully saturated rings. The Kier molecular flexibility index (Phi) is 5.31. The van der Waals surface area contributed by atoms with E-state index in [0.29, 0.717) is 29.2 Å². The van der Waals surface area contributed by atoms with E-state index in [9.17, 15) is 14.4 Å². The number of carbonyl (C=O) groups excluding carboxylic acids is 3. The molecule has 0 bridgehead atoms. The summed E-state index contributed by atoms with van der Waals surface area (Å²) in [5, 5.41) is 2.79. The number of carbonyl (C=O) groups is 3. The van der Waals surface area contributed by atoms with Gasteiger partial charge in [-0.25, -0.2) is 0 Å². The molecule has 2 aromatic rings. The second-order valence-electron chi connectivity index (χ2n) is 7.15. The highest BCUT2D eigenvalue weighted by Crippen LogP contribution is 2.28. The number of ether oxygens (including phenoxy) is 2. The summed E-state index contributed by atoms with van der Waals surface area (Å²) in [4.78, 5) is 39.0. The first-order chi connectivity index (χ1) is 14.1. The number of imide groups is 1. The van der Waals surface area contributed by atoms with Crippen molar-refractivity contribution in [2.24, 2.45) is 0 Å². The average molecular weight is 394 g/mol. The highest BCUT2D eigenvalue weighted by atomic mass is 16.5. The first-order valence-corrected chi connectivity index (χ1v) is 9.60. The number of benzene rings is 2. The van der Waals surface area contributed by atoms with E-state index in [2.05, 4.69) is 5.32 Å². The highest BCUT2D eigenvalue weighted by Gasteiger charge is 2.37. The summed E-state index contributed by atoms with van der Waals surface area (Å²) >= 11 is 0. The molecule has 0 spiro atoms. The van der Waals surface area contributed by atoms with Crippen molar-refractivity contribution in [2.75, 3.05) is 25.6 Å². The van der Waals surface area contributed by atoms with Crippen LogP contribution in [0.1, 0.15) is 39.1 Å². The lowest BCUT2D eigenvalue weighted by Gasteiger charge is -2.17. The highest BCUT2D eigenvalue weighted by molar-refractivity contribution is 6.21. The van der Waals surface area contributed by atoms with Gasteiger partial charge in [-0.05, 0) is 37.1 Å². The molecule has 2 aliphatic heterocycles. The third-order valence-electron chi connectivity index (χ3n) is 5.21. The second-order valence-corrected chi connectivity index (χ2v) is 7.15. The third kappa shape index (κ3) is 3.86. The van der Waals surface area contributed by atoms with Gasteiger partial charge in [0, 0.05) is 17.9 Å². The van der Waals surface area contributed by atoms with Crippen LogP contribution < -0.4 is 10.1 Å². The van der Waals surface area contributed by atoms with Crippen molar-refractivity contribution in [3.8, 4) is 5.75 Å². The number of anilines is 1. The van der Waals surface area contributed by atoms with E-state index in [1.54, 1.807) is 31.4 Å². The van der Waals surface area contributed by atoms with Crippen molar-refractivity contribution < 1.29 is 23.9 Å². The number of methoxy groups -OCH3 is 1. The Balaban J connectivity index is 1.46. The van der Waals surface area contributed by atoms with Crippen LogP contribution in [0.2, 0.25) is 0 Å². The molecule has 4 rings (SSSR count). The van der Waals surface area contributed by atoms with E-state index in [-0.39, 0.29) is 36.8 Å². The molecule has 2 heterocycles. The van der Waals surface area contributed by atoms with Crippen LogP contribution in [0, 0.1) is 0 Å². The van der Waals surface area contributed by atoms with Gasteiger partial charge in [-0.1, -0.05) is 18.2 Å². The van der Waals surface area contributed by atoms with Crippen LogP contribution in [-0.4, -0.2) is 49.0 Å². The molecule has 0 saturated carbocycles. The molecule has 0 radical (unpaired) electrons. The molecular weight excluding hydrogens is 372 g/mol. The van der Waals surface area contributed by atoms with Crippen molar-refractivity contribution in [2.45, 2.75) is 25.4 Å². The van der Waals surface area contributed by atoms with Gasteiger partial charge in [0.15, 0.2) is 0 Å². The standard InChI is InChI=1S/C22H22N2O5/c1-28-19-7-3-2-5-14(19)11-20(25)23-15-8-9-17-18(12-15)22(27)24(21(17)26)13-16-6-4-10-29-16/h2-3,5,7-9,12,16H,4,6,10-11,13H2,1H3,(H,23,25)/t16-/m1/s1. The summed E-state index contributed by atoms with van der Waals surface area (Å²) in [5.41, 5.74) is 1.91. The largest absolute Gasteiger partial charge is 0.496 e. The number of hydrogen-bond acceptors (Lipinski definition) is 5. The molecule has 0 aromatic heterocycles. The fourth-order valence-electron chi connectivity index (χ4n) is 3.75. The Hall–Kier alpha value is -3.19. The normalized spacial score (nSPS) is 18.1. The number of fused-ring (bicyclic) bond motifs is 1. The number of hydrogen-bond donors (Lipinski definition) is 1. The van der Waals surface area contributed by atoms with Crippen molar-refractivity contribution in [1.29, 1.82) is 0 Å². The van der Waals surface area contributed by atoms with Crippen LogP contribution in [-0.2, 0) is 16.0 Å². The minimum atomic E-state index is -0.346. The molecule has 29 heavy (non-hydrogen) atoms. The zero-order valence-corrected chi connectivity index (χ0v) is 16.1. The lowest BCUT2D eigenvalue weighted by Crippen LogP contribution is -2.36. The van der Waals surface area contributed by atoms with Crippen LogP contribution in [0.3, 0.4) is 0 Å². The van der Waals surface area contributed by atoms with Gasteiger partial charge in [0.1, 0.15) is 5.75 Å². The molecule has 2 aromatic carbocycles. The summed E-state index contributed by atoms with van der Waals surface area (Å²) in [6.45, 7) is 0.929. The Morgan fingerprint density at radius 3 is 2.72 bits per heavy atom. The van der Waals surface area contributed by atoms with Gasteiger partial charge >= 0.3 is 0 Å². The number of para-hydroxylation sites is 1. The molecule has 1 atom stereocenters. The number of amides is 3. The SMILES string of the molecule is COc1ccccc1CC(=O)Nc1ccc2c(c1)C(=O)N(C[C@H]1CCCO1)C2=O. The van der Waals surface area contributed by atoms with Crippen LogP contribution in [0.25, 0.3) is 0 Å². The predicted octanol–water partition coefficient (Wildman–Crippen LogP) is 2.65. The van der Waals surface area contributed by atoms with Gasteiger partial charge in [-0.15, -0.1) is 0 Å². The minimum Gasteiger partial charge on any atom is -0.496 e. The van der Waals surface area contributed by atoms with E-state index < -0.39 is 0 Å². The number of nitrogens with one attached hydrogen (secondary N) is 1. The first-order valence-electron chi connectivity index (χ1n) is 9.60. The second kappa shape index (κ2) is 8.05. The minimum absolute atomic E-state index is 0.0998. The molecule has 2 aliphatic rings. The topological polar surface area (TPSA) is 84.9 Å². The molecule has 3 amide bonds. The molecule has 7 nitrogen and oxygen atoms in total. The van der Waals surface area contributed by atoms with Gasteiger partial charge in [0.05, 0.1) is 37.3 Å². The maximum atomic E-state index is 12.7. The van der Waals surface area contributed by atoms with Crippen molar-refractivity contribution in [3.63, 3.8) is 0 Å². The smallest absolute Gasteiger partial charge is 0.261 e. The zero-order valence-electron chi connectivity index (χ0n) is 16.1. The van der Waals surface area contributed by atoms with Crippen molar-refractivity contribution in [3.05, 3.63) is 59.2 Å². The molecule has 1 saturated heterocycles. The quantitative estimate of drug-likeness (QED) is 0.762. The van der Waals surface area contributed by atoms with Gasteiger partial charge in [0.25, 0.3) is 11.8 Å². The van der Waals surface area contributed by atoms with Crippen LogP contribution in [0.4, 0.5) is 5.69 Å². The summed E-state index contributed by atoms with van der Waals surface area (Å²) in [6, 6.07) is 12.1. The fraction of sp³-hybridized carbons (Fsp3) is 0.318. The molecule has 1 N–H and O–H groups in total.